The molecule has 3 aliphatic heterocycles. The van der Waals surface area contributed by atoms with E-state index in [0.29, 0.717) is 12.0 Å². The molecule has 0 spiro atoms. The molecule has 1 atom stereocenters. The number of hydrogen-bond acceptors (Lipinski definition) is 3. The van der Waals surface area contributed by atoms with Crippen LogP contribution in [0.3, 0.4) is 0 Å². The summed E-state index contributed by atoms with van der Waals surface area (Å²) in [5, 5.41) is 3.26. The molecule has 2 aromatic rings. The molecule has 2 bridgehead atoms. The molecule has 0 radical (unpaired) electrons. The molecule has 4 heterocycles. The highest BCUT2D eigenvalue weighted by molar-refractivity contribution is 7.17. The van der Waals surface area contributed by atoms with Crippen molar-refractivity contribution in [2.24, 2.45) is 5.92 Å². The van der Waals surface area contributed by atoms with Crippen LogP contribution in [-0.4, -0.2) is 36.5 Å². The van der Waals surface area contributed by atoms with Crippen LogP contribution in [0.5, 0.6) is 0 Å². The zero-order chi connectivity index (χ0) is 14.9. The van der Waals surface area contributed by atoms with Crippen molar-refractivity contribution in [2.45, 2.75) is 18.9 Å². The van der Waals surface area contributed by atoms with Crippen LogP contribution >= 0.6 is 11.3 Å². The fourth-order valence-corrected chi connectivity index (χ4v) is 4.50. The van der Waals surface area contributed by atoms with Crippen molar-refractivity contribution in [1.82, 2.24) is 10.2 Å². The van der Waals surface area contributed by atoms with Crippen molar-refractivity contribution in [3.63, 3.8) is 0 Å². The predicted octanol–water partition coefficient (Wildman–Crippen LogP) is 3.24. The van der Waals surface area contributed by atoms with Crippen molar-refractivity contribution in [2.75, 3.05) is 19.6 Å². The van der Waals surface area contributed by atoms with Crippen LogP contribution < -0.4 is 5.32 Å². The molecule has 0 unspecified atom stereocenters. The lowest BCUT2D eigenvalue weighted by atomic mass is 9.84. The Hall–Kier alpha value is -1.65. The molecule has 3 fully saturated rings. The van der Waals surface area contributed by atoms with E-state index in [0.717, 1.165) is 16.3 Å². The molecule has 3 nitrogen and oxygen atoms in total. The van der Waals surface area contributed by atoms with Gasteiger partial charge in [0.1, 0.15) is 0 Å². The van der Waals surface area contributed by atoms with E-state index in [9.17, 15) is 4.79 Å². The third-order valence-corrected chi connectivity index (χ3v) is 5.99. The molecular weight excluding hydrogens is 292 g/mol. The normalized spacial score (nSPS) is 26.8. The lowest BCUT2D eigenvalue weighted by Gasteiger charge is -2.44. The highest BCUT2D eigenvalue weighted by Gasteiger charge is 2.35. The topological polar surface area (TPSA) is 32.3 Å². The van der Waals surface area contributed by atoms with Crippen LogP contribution in [0.2, 0.25) is 0 Å². The Bertz CT molecular complexity index is 659. The second kappa shape index (κ2) is 5.86. The van der Waals surface area contributed by atoms with Gasteiger partial charge in [0.25, 0.3) is 5.91 Å². The van der Waals surface area contributed by atoms with E-state index in [1.54, 1.807) is 11.3 Å². The number of nitrogens with one attached hydrogen (secondary N) is 1. The van der Waals surface area contributed by atoms with E-state index in [1.807, 2.05) is 30.3 Å². The SMILES string of the molecule is O=C(N[C@H]1CN2CCC1CC2)c1ccc(-c2ccccc2)s1. The number of rotatable bonds is 3. The number of benzene rings is 1. The molecule has 5 rings (SSSR count). The second-order valence-corrected chi connectivity index (χ2v) is 7.33. The molecule has 1 N–H and O–H groups in total. The molecule has 0 aliphatic carbocycles. The minimum Gasteiger partial charge on any atom is -0.347 e. The first-order valence-corrected chi connectivity index (χ1v) is 8.80. The van der Waals surface area contributed by atoms with Crippen LogP contribution in [0.4, 0.5) is 0 Å². The van der Waals surface area contributed by atoms with Gasteiger partial charge in [-0.2, -0.15) is 0 Å². The summed E-state index contributed by atoms with van der Waals surface area (Å²) in [4.78, 5) is 16.9. The van der Waals surface area contributed by atoms with Crippen LogP contribution in [0.1, 0.15) is 22.5 Å². The van der Waals surface area contributed by atoms with Gasteiger partial charge >= 0.3 is 0 Å². The van der Waals surface area contributed by atoms with E-state index in [1.165, 1.54) is 31.5 Å². The molecule has 1 aromatic carbocycles. The summed E-state index contributed by atoms with van der Waals surface area (Å²) in [5.41, 5.74) is 1.18. The second-order valence-electron chi connectivity index (χ2n) is 6.25. The molecule has 114 valence electrons. The summed E-state index contributed by atoms with van der Waals surface area (Å²) in [6.07, 6.45) is 2.45. The van der Waals surface area contributed by atoms with Gasteiger partial charge in [-0.05, 0) is 49.5 Å². The summed E-state index contributed by atoms with van der Waals surface area (Å²) in [6.45, 7) is 3.43. The fourth-order valence-electron chi connectivity index (χ4n) is 3.59. The van der Waals surface area contributed by atoms with E-state index in [2.05, 4.69) is 22.3 Å². The maximum atomic E-state index is 12.5. The average Bonchev–Trinajstić information content (AvgIpc) is 3.07. The van der Waals surface area contributed by atoms with Gasteiger partial charge in [-0.25, -0.2) is 0 Å². The van der Waals surface area contributed by atoms with Crippen LogP contribution in [0.25, 0.3) is 10.4 Å². The van der Waals surface area contributed by atoms with E-state index in [-0.39, 0.29) is 5.91 Å². The number of thiophene rings is 1. The number of carbonyl (C=O) groups excluding carboxylic acids is 1. The van der Waals surface area contributed by atoms with Crippen molar-refractivity contribution < 1.29 is 4.79 Å². The molecule has 1 amide bonds. The summed E-state index contributed by atoms with van der Waals surface area (Å²) in [7, 11) is 0. The van der Waals surface area contributed by atoms with Crippen molar-refractivity contribution in [3.05, 3.63) is 47.3 Å². The number of amides is 1. The third-order valence-electron chi connectivity index (χ3n) is 4.86. The molecule has 1 aromatic heterocycles. The smallest absolute Gasteiger partial charge is 0.261 e. The monoisotopic (exact) mass is 312 g/mol. The highest BCUT2D eigenvalue weighted by atomic mass is 32.1. The van der Waals surface area contributed by atoms with Crippen molar-refractivity contribution in [1.29, 1.82) is 0 Å². The number of carbonyl (C=O) groups is 1. The minimum atomic E-state index is 0.0888. The Morgan fingerprint density at radius 2 is 1.86 bits per heavy atom. The van der Waals surface area contributed by atoms with Gasteiger partial charge in [0.05, 0.1) is 4.88 Å². The van der Waals surface area contributed by atoms with E-state index >= 15 is 0 Å². The summed E-state index contributed by atoms with van der Waals surface area (Å²) < 4.78 is 0. The van der Waals surface area contributed by atoms with E-state index in [4.69, 9.17) is 0 Å². The number of hydrogen-bond donors (Lipinski definition) is 1. The highest BCUT2D eigenvalue weighted by Crippen LogP contribution is 2.30. The maximum absolute atomic E-state index is 12.5. The van der Waals surface area contributed by atoms with Crippen LogP contribution in [-0.2, 0) is 0 Å². The Kier molecular flexibility index (Phi) is 3.72. The predicted molar refractivity (Wildman–Crippen MR) is 90.2 cm³/mol. The molecular formula is C18H20N2OS. The summed E-state index contributed by atoms with van der Waals surface area (Å²) in [5.74, 6) is 0.758. The Balaban J connectivity index is 1.46. The summed E-state index contributed by atoms with van der Waals surface area (Å²) in [6, 6.07) is 14.6. The number of piperidine rings is 3. The first-order chi connectivity index (χ1) is 10.8. The van der Waals surface area contributed by atoms with Crippen molar-refractivity contribution >= 4 is 17.2 Å². The van der Waals surface area contributed by atoms with Crippen molar-refractivity contribution in [3.8, 4) is 10.4 Å². The lowest BCUT2D eigenvalue weighted by molar-refractivity contribution is 0.0622. The van der Waals surface area contributed by atoms with E-state index < -0.39 is 0 Å². The zero-order valence-corrected chi connectivity index (χ0v) is 13.3. The first-order valence-electron chi connectivity index (χ1n) is 7.98. The molecule has 4 heteroatoms. The van der Waals surface area contributed by atoms with Crippen LogP contribution in [0.15, 0.2) is 42.5 Å². The van der Waals surface area contributed by atoms with Gasteiger partial charge in [0, 0.05) is 17.5 Å². The molecule has 22 heavy (non-hydrogen) atoms. The molecule has 3 aliphatic rings. The van der Waals surface area contributed by atoms with Gasteiger partial charge in [-0.1, -0.05) is 30.3 Å². The third kappa shape index (κ3) is 2.69. The average molecular weight is 312 g/mol. The van der Waals surface area contributed by atoms with Gasteiger partial charge in [-0.3, -0.25) is 4.79 Å². The Morgan fingerprint density at radius 3 is 2.55 bits per heavy atom. The molecule has 0 saturated carbocycles. The van der Waals surface area contributed by atoms with Gasteiger partial charge in [-0.15, -0.1) is 11.3 Å². The zero-order valence-electron chi connectivity index (χ0n) is 12.5. The largest absolute Gasteiger partial charge is 0.347 e. The van der Waals surface area contributed by atoms with Gasteiger partial charge < -0.3 is 10.2 Å². The van der Waals surface area contributed by atoms with Gasteiger partial charge in [0.15, 0.2) is 0 Å². The fraction of sp³-hybridized carbons (Fsp3) is 0.389. The summed E-state index contributed by atoms with van der Waals surface area (Å²) >= 11 is 1.58. The number of nitrogens with zero attached hydrogens (tertiary/aromatic N) is 1. The minimum absolute atomic E-state index is 0.0888. The standard InChI is InChI=1S/C18H20N2OS/c21-18(19-15-12-20-10-8-13(15)9-11-20)17-7-6-16(22-17)14-4-2-1-3-5-14/h1-7,13,15H,8-12H2,(H,19,21)/t15-/m0/s1. The number of fused-ring (bicyclic) bond motifs is 3. The lowest BCUT2D eigenvalue weighted by Crippen LogP contribution is -2.57. The maximum Gasteiger partial charge on any atom is 0.261 e. The Morgan fingerprint density at radius 1 is 1.09 bits per heavy atom. The van der Waals surface area contributed by atoms with Crippen LogP contribution in [0, 0.1) is 5.92 Å². The first kappa shape index (κ1) is 14.0. The van der Waals surface area contributed by atoms with Gasteiger partial charge in [0.2, 0.25) is 0 Å². The Labute approximate surface area is 135 Å². The quantitative estimate of drug-likeness (QED) is 0.943. The molecule has 3 saturated heterocycles.